The van der Waals surface area contributed by atoms with E-state index in [4.69, 9.17) is 21.2 Å². The Labute approximate surface area is 117 Å². The summed E-state index contributed by atoms with van der Waals surface area (Å²) in [5.74, 6) is 10.1. The zero-order chi connectivity index (χ0) is 15.1. The molecule has 1 aliphatic carbocycles. The lowest BCUT2D eigenvalue weighted by Crippen LogP contribution is -2.40. The summed E-state index contributed by atoms with van der Waals surface area (Å²) in [5, 5.41) is 0. The molecule has 8 nitrogen and oxygen atoms in total. The first kappa shape index (κ1) is 16.0. The average Bonchev–Trinajstić information content (AvgIpc) is 2.47. The lowest BCUT2D eigenvalue weighted by molar-refractivity contribution is -0.131. The molecule has 0 saturated heterocycles. The van der Waals surface area contributed by atoms with Crippen molar-refractivity contribution in [2.24, 2.45) is 11.7 Å². The van der Waals surface area contributed by atoms with Gasteiger partial charge in [-0.05, 0) is 26.3 Å². The number of nitrogens with two attached hydrogens (primary N) is 2. The number of hydrogen-bond acceptors (Lipinski definition) is 6. The molecule has 8 heteroatoms. The van der Waals surface area contributed by atoms with Gasteiger partial charge in [0.2, 0.25) is 0 Å². The minimum Gasteiger partial charge on any atom is -0.481 e. The molecule has 2 amide bonds. The Morgan fingerprint density at radius 1 is 1.15 bits per heavy atom. The summed E-state index contributed by atoms with van der Waals surface area (Å²) in [6.45, 7) is 3.13. The van der Waals surface area contributed by atoms with E-state index in [0.717, 1.165) is 6.42 Å². The molecule has 0 radical (unpaired) electrons. The molecule has 2 atom stereocenters. The third-order valence-electron chi connectivity index (χ3n) is 2.73. The van der Waals surface area contributed by atoms with Gasteiger partial charge in [-0.1, -0.05) is 6.08 Å². The largest absolute Gasteiger partial charge is 0.481 e. The number of carbonyl (C=O) groups excluding carboxylic acids is 2. The van der Waals surface area contributed by atoms with Crippen molar-refractivity contribution < 1.29 is 19.1 Å². The molecule has 6 N–H and O–H groups in total. The van der Waals surface area contributed by atoms with Crippen molar-refractivity contribution in [3.8, 4) is 0 Å². The number of allylic oxidation sites excluding steroid dienone is 3. The Bertz CT molecular complexity index is 433. The monoisotopic (exact) mass is 284 g/mol. The molecule has 0 aromatic carbocycles. The van der Waals surface area contributed by atoms with Crippen molar-refractivity contribution in [2.75, 3.05) is 0 Å². The Balaban J connectivity index is 2.79. The summed E-state index contributed by atoms with van der Waals surface area (Å²) < 4.78 is 11.0. The van der Waals surface area contributed by atoms with E-state index < -0.39 is 24.0 Å². The molecule has 2 unspecified atom stereocenters. The molecule has 0 saturated carbocycles. The standard InChI is InChI=1S/C12H20N4O4/c1-7(11(17)15-13)19-9-5-3-4-6-10(9)20-8(2)12(18)16-14/h3,5,7-8H,4,6,13-14H2,1-2H3,(H,15,17)(H,16,18). The Hall–Kier alpha value is -2.06. The van der Waals surface area contributed by atoms with E-state index in [0.29, 0.717) is 17.9 Å². The average molecular weight is 284 g/mol. The van der Waals surface area contributed by atoms with Crippen LogP contribution in [0.25, 0.3) is 0 Å². The number of rotatable bonds is 6. The lowest BCUT2D eigenvalue weighted by Gasteiger charge is -2.22. The maximum Gasteiger partial charge on any atom is 0.274 e. The van der Waals surface area contributed by atoms with E-state index in [1.807, 2.05) is 16.9 Å². The summed E-state index contributed by atoms with van der Waals surface area (Å²) in [6, 6.07) is 0. The van der Waals surface area contributed by atoms with Gasteiger partial charge in [0.1, 0.15) is 5.76 Å². The molecule has 0 spiro atoms. The predicted molar refractivity (Wildman–Crippen MR) is 71.2 cm³/mol. The van der Waals surface area contributed by atoms with Crippen LogP contribution >= 0.6 is 0 Å². The molecule has 1 rings (SSSR count). The van der Waals surface area contributed by atoms with Gasteiger partial charge in [-0.3, -0.25) is 20.4 Å². The summed E-state index contributed by atoms with van der Waals surface area (Å²) in [5.41, 5.74) is 4.02. The van der Waals surface area contributed by atoms with Crippen LogP contribution in [0.15, 0.2) is 23.7 Å². The summed E-state index contributed by atoms with van der Waals surface area (Å²) >= 11 is 0. The highest BCUT2D eigenvalue weighted by atomic mass is 16.5. The van der Waals surface area contributed by atoms with Gasteiger partial charge in [-0.15, -0.1) is 0 Å². The first-order valence-corrected chi connectivity index (χ1v) is 6.23. The molecule has 20 heavy (non-hydrogen) atoms. The second-order valence-electron chi connectivity index (χ2n) is 4.27. The SMILES string of the molecule is CC(OC1=C(OC(C)C(=O)NN)CCC=C1)C(=O)NN. The Morgan fingerprint density at radius 3 is 2.25 bits per heavy atom. The molecule has 1 aliphatic rings. The molecule has 112 valence electrons. The van der Waals surface area contributed by atoms with E-state index in [1.54, 1.807) is 19.9 Å². The van der Waals surface area contributed by atoms with Gasteiger partial charge in [0.15, 0.2) is 18.0 Å². The van der Waals surface area contributed by atoms with Crippen molar-refractivity contribution in [1.29, 1.82) is 0 Å². The van der Waals surface area contributed by atoms with Crippen LogP contribution in [0, 0.1) is 0 Å². The van der Waals surface area contributed by atoms with E-state index in [9.17, 15) is 9.59 Å². The molecule has 0 bridgehead atoms. The van der Waals surface area contributed by atoms with E-state index in [1.165, 1.54) is 0 Å². The molecule has 0 aliphatic heterocycles. The quantitative estimate of drug-likeness (QED) is 0.291. The molecular weight excluding hydrogens is 264 g/mol. The van der Waals surface area contributed by atoms with Crippen molar-refractivity contribution in [1.82, 2.24) is 10.9 Å². The van der Waals surface area contributed by atoms with Crippen molar-refractivity contribution in [3.05, 3.63) is 23.7 Å². The first-order valence-electron chi connectivity index (χ1n) is 6.23. The third kappa shape index (κ3) is 4.25. The highest BCUT2D eigenvalue weighted by molar-refractivity contribution is 5.80. The van der Waals surface area contributed by atoms with Gasteiger partial charge in [0.25, 0.3) is 11.8 Å². The molecule has 0 heterocycles. The number of hydrogen-bond donors (Lipinski definition) is 4. The number of amides is 2. The number of nitrogens with one attached hydrogen (secondary N) is 2. The van der Waals surface area contributed by atoms with Gasteiger partial charge >= 0.3 is 0 Å². The Kier molecular flexibility index (Phi) is 6.01. The van der Waals surface area contributed by atoms with Crippen LogP contribution in [-0.2, 0) is 19.1 Å². The third-order valence-corrected chi connectivity index (χ3v) is 2.73. The topological polar surface area (TPSA) is 129 Å². The molecule has 0 aromatic heterocycles. The van der Waals surface area contributed by atoms with Crippen LogP contribution in [0.2, 0.25) is 0 Å². The van der Waals surface area contributed by atoms with Gasteiger partial charge in [-0.2, -0.15) is 0 Å². The van der Waals surface area contributed by atoms with Gasteiger partial charge in [-0.25, -0.2) is 11.7 Å². The van der Waals surface area contributed by atoms with Crippen LogP contribution in [0.5, 0.6) is 0 Å². The normalized spacial score (nSPS) is 17.2. The summed E-state index contributed by atoms with van der Waals surface area (Å²) in [7, 11) is 0. The molecule has 0 aromatic rings. The van der Waals surface area contributed by atoms with Gasteiger partial charge < -0.3 is 9.47 Å². The van der Waals surface area contributed by atoms with Crippen LogP contribution in [0.1, 0.15) is 26.7 Å². The lowest BCUT2D eigenvalue weighted by atomic mass is 10.1. The zero-order valence-corrected chi connectivity index (χ0v) is 11.5. The summed E-state index contributed by atoms with van der Waals surface area (Å²) in [6.07, 6.45) is 3.41. The van der Waals surface area contributed by atoms with E-state index >= 15 is 0 Å². The predicted octanol–water partition coefficient (Wildman–Crippen LogP) is -0.662. The van der Waals surface area contributed by atoms with Crippen LogP contribution in [0.4, 0.5) is 0 Å². The zero-order valence-electron chi connectivity index (χ0n) is 11.5. The van der Waals surface area contributed by atoms with Crippen molar-refractivity contribution >= 4 is 11.8 Å². The maximum absolute atomic E-state index is 11.3. The molecular formula is C12H20N4O4. The van der Waals surface area contributed by atoms with Crippen molar-refractivity contribution in [2.45, 2.75) is 38.9 Å². The second kappa shape index (κ2) is 7.51. The van der Waals surface area contributed by atoms with Gasteiger partial charge in [0.05, 0.1) is 0 Å². The van der Waals surface area contributed by atoms with Gasteiger partial charge in [0, 0.05) is 6.42 Å². The van der Waals surface area contributed by atoms with Crippen LogP contribution in [0.3, 0.4) is 0 Å². The van der Waals surface area contributed by atoms with Crippen LogP contribution in [-0.4, -0.2) is 24.0 Å². The number of carbonyl (C=O) groups is 2. The Morgan fingerprint density at radius 2 is 1.70 bits per heavy atom. The first-order chi connectivity index (χ1) is 9.49. The minimum atomic E-state index is -0.769. The van der Waals surface area contributed by atoms with Crippen molar-refractivity contribution in [3.63, 3.8) is 0 Å². The highest BCUT2D eigenvalue weighted by Crippen LogP contribution is 2.23. The summed E-state index contributed by atoms with van der Waals surface area (Å²) in [4.78, 5) is 22.7. The maximum atomic E-state index is 11.3. The fourth-order valence-corrected chi connectivity index (χ4v) is 1.59. The smallest absolute Gasteiger partial charge is 0.274 e. The fourth-order valence-electron chi connectivity index (χ4n) is 1.59. The second-order valence-corrected chi connectivity index (χ2v) is 4.27. The van der Waals surface area contributed by atoms with E-state index in [2.05, 4.69) is 0 Å². The van der Waals surface area contributed by atoms with Crippen LogP contribution < -0.4 is 22.5 Å². The minimum absolute atomic E-state index is 0.407. The molecule has 0 fully saturated rings. The van der Waals surface area contributed by atoms with E-state index in [-0.39, 0.29) is 0 Å². The highest BCUT2D eigenvalue weighted by Gasteiger charge is 2.21. The number of ether oxygens (including phenoxy) is 2. The fraction of sp³-hybridized carbons (Fsp3) is 0.500. The number of hydrazine groups is 2.